The summed E-state index contributed by atoms with van der Waals surface area (Å²) >= 11 is 0. The van der Waals surface area contributed by atoms with Crippen molar-refractivity contribution in [3.63, 3.8) is 0 Å². The predicted molar refractivity (Wildman–Crippen MR) is 80.4 cm³/mol. The highest BCUT2D eigenvalue weighted by atomic mass is 16.1. The van der Waals surface area contributed by atoms with Gasteiger partial charge in [0.1, 0.15) is 0 Å². The standard InChI is InChI=1S/C17H21NO/c1-13(2)7-6-12-18-17(19)16-11-5-9-14-8-3-4-10-15(14)16/h3-5,8-11,13H,6-7,12H2,1-2H3,(H,18,19). The number of hydrogen-bond donors (Lipinski definition) is 1. The molecule has 2 rings (SSSR count). The molecular weight excluding hydrogens is 234 g/mol. The summed E-state index contributed by atoms with van der Waals surface area (Å²) in [4.78, 5) is 12.2. The second kappa shape index (κ2) is 6.37. The van der Waals surface area contributed by atoms with Gasteiger partial charge in [0.2, 0.25) is 0 Å². The summed E-state index contributed by atoms with van der Waals surface area (Å²) in [6.45, 7) is 5.15. The second-order valence-electron chi connectivity index (χ2n) is 5.32. The maximum Gasteiger partial charge on any atom is 0.251 e. The van der Waals surface area contributed by atoms with Crippen LogP contribution in [0.15, 0.2) is 42.5 Å². The molecule has 0 aliphatic rings. The number of hydrogen-bond acceptors (Lipinski definition) is 1. The molecule has 0 radical (unpaired) electrons. The van der Waals surface area contributed by atoms with Crippen LogP contribution in [0.4, 0.5) is 0 Å². The van der Waals surface area contributed by atoms with Gasteiger partial charge >= 0.3 is 0 Å². The fraction of sp³-hybridized carbons (Fsp3) is 0.353. The van der Waals surface area contributed by atoms with Crippen molar-refractivity contribution in [3.05, 3.63) is 48.0 Å². The minimum Gasteiger partial charge on any atom is -0.352 e. The molecular formula is C17H21NO. The van der Waals surface area contributed by atoms with E-state index >= 15 is 0 Å². The van der Waals surface area contributed by atoms with Gasteiger partial charge in [-0.05, 0) is 35.6 Å². The average molecular weight is 255 g/mol. The molecule has 0 bridgehead atoms. The Morgan fingerprint density at radius 1 is 1.11 bits per heavy atom. The maximum atomic E-state index is 12.2. The SMILES string of the molecule is CC(C)CCCNC(=O)c1cccc2ccccc12. The minimum absolute atomic E-state index is 0.0283. The van der Waals surface area contributed by atoms with Crippen LogP contribution in [0.2, 0.25) is 0 Å². The minimum atomic E-state index is 0.0283. The molecule has 0 saturated heterocycles. The number of nitrogens with one attached hydrogen (secondary N) is 1. The van der Waals surface area contributed by atoms with E-state index in [0.29, 0.717) is 5.92 Å². The Kier molecular flexibility index (Phi) is 4.56. The molecule has 0 unspecified atom stereocenters. The Hall–Kier alpha value is -1.83. The zero-order chi connectivity index (χ0) is 13.7. The average Bonchev–Trinajstić information content (AvgIpc) is 2.42. The first kappa shape index (κ1) is 13.6. The lowest BCUT2D eigenvalue weighted by Gasteiger charge is -2.09. The second-order valence-corrected chi connectivity index (χ2v) is 5.32. The van der Waals surface area contributed by atoms with Crippen molar-refractivity contribution in [1.82, 2.24) is 5.32 Å². The van der Waals surface area contributed by atoms with Gasteiger partial charge in [0.05, 0.1) is 0 Å². The molecule has 0 aliphatic carbocycles. The van der Waals surface area contributed by atoms with Gasteiger partial charge in [0.25, 0.3) is 5.91 Å². The van der Waals surface area contributed by atoms with Crippen LogP contribution in [0.1, 0.15) is 37.0 Å². The predicted octanol–water partition coefficient (Wildman–Crippen LogP) is 4.01. The van der Waals surface area contributed by atoms with Crippen LogP contribution in [-0.4, -0.2) is 12.5 Å². The van der Waals surface area contributed by atoms with E-state index in [4.69, 9.17) is 0 Å². The number of fused-ring (bicyclic) bond motifs is 1. The smallest absolute Gasteiger partial charge is 0.251 e. The molecule has 2 nitrogen and oxygen atoms in total. The monoisotopic (exact) mass is 255 g/mol. The van der Waals surface area contributed by atoms with E-state index in [1.54, 1.807) is 0 Å². The van der Waals surface area contributed by atoms with Crippen LogP contribution >= 0.6 is 0 Å². The van der Waals surface area contributed by atoms with Gasteiger partial charge < -0.3 is 5.32 Å². The summed E-state index contributed by atoms with van der Waals surface area (Å²) in [6.07, 6.45) is 2.18. The highest BCUT2D eigenvalue weighted by Crippen LogP contribution is 2.18. The van der Waals surface area contributed by atoms with Gasteiger partial charge in [-0.2, -0.15) is 0 Å². The Labute approximate surface area is 114 Å². The Balaban J connectivity index is 2.05. The Morgan fingerprint density at radius 2 is 1.84 bits per heavy atom. The summed E-state index contributed by atoms with van der Waals surface area (Å²) in [5, 5.41) is 5.14. The molecule has 0 fully saturated rings. The van der Waals surface area contributed by atoms with E-state index in [1.807, 2.05) is 42.5 Å². The molecule has 0 aliphatic heterocycles. The van der Waals surface area contributed by atoms with Crippen molar-refractivity contribution in [3.8, 4) is 0 Å². The number of rotatable bonds is 5. The first-order chi connectivity index (χ1) is 9.18. The molecule has 0 heterocycles. The van der Waals surface area contributed by atoms with Crippen molar-refractivity contribution in [2.45, 2.75) is 26.7 Å². The van der Waals surface area contributed by atoms with Crippen LogP contribution in [0.5, 0.6) is 0 Å². The van der Waals surface area contributed by atoms with Gasteiger partial charge in [-0.15, -0.1) is 0 Å². The third-order valence-electron chi connectivity index (χ3n) is 3.28. The summed E-state index contributed by atoms with van der Waals surface area (Å²) < 4.78 is 0. The van der Waals surface area contributed by atoms with E-state index in [0.717, 1.165) is 35.7 Å². The van der Waals surface area contributed by atoms with Gasteiger partial charge in [-0.1, -0.05) is 50.2 Å². The fourth-order valence-corrected chi connectivity index (χ4v) is 2.23. The van der Waals surface area contributed by atoms with Crippen molar-refractivity contribution < 1.29 is 4.79 Å². The molecule has 2 aromatic carbocycles. The molecule has 2 aromatic rings. The van der Waals surface area contributed by atoms with Crippen LogP contribution in [-0.2, 0) is 0 Å². The molecule has 19 heavy (non-hydrogen) atoms. The maximum absolute atomic E-state index is 12.2. The quantitative estimate of drug-likeness (QED) is 0.804. The van der Waals surface area contributed by atoms with Gasteiger partial charge in [-0.3, -0.25) is 4.79 Å². The third-order valence-corrected chi connectivity index (χ3v) is 3.28. The lowest BCUT2D eigenvalue weighted by molar-refractivity contribution is 0.0954. The fourth-order valence-electron chi connectivity index (χ4n) is 2.23. The van der Waals surface area contributed by atoms with E-state index in [-0.39, 0.29) is 5.91 Å². The third kappa shape index (κ3) is 3.57. The van der Waals surface area contributed by atoms with Gasteiger partial charge in [0.15, 0.2) is 0 Å². The molecule has 1 N–H and O–H groups in total. The van der Waals surface area contributed by atoms with E-state index in [9.17, 15) is 4.79 Å². The highest BCUT2D eigenvalue weighted by Gasteiger charge is 2.08. The normalized spacial score (nSPS) is 10.9. The highest BCUT2D eigenvalue weighted by molar-refractivity contribution is 6.06. The topological polar surface area (TPSA) is 29.1 Å². The summed E-state index contributed by atoms with van der Waals surface area (Å²) in [5.41, 5.74) is 0.766. The largest absolute Gasteiger partial charge is 0.352 e. The van der Waals surface area contributed by atoms with Crippen LogP contribution in [0, 0.1) is 5.92 Å². The van der Waals surface area contributed by atoms with Gasteiger partial charge in [0, 0.05) is 12.1 Å². The van der Waals surface area contributed by atoms with Crippen molar-refractivity contribution >= 4 is 16.7 Å². The van der Waals surface area contributed by atoms with E-state index < -0.39 is 0 Å². The summed E-state index contributed by atoms with van der Waals surface area (Å²) in [6, 6.07) is 13.9. The molecule has 0 saturated carbocycles. The Bertz CT molecular complexity index is 555. The van der Waals surface area contributed by atoms with Gasteiger partial charge in [-0.25, -0.2) is 0 Å². The first-order valence-corrected chi connectivity index (χ1v) is 6.94. The summed E-state index contributed by atoms with van der Waals surface area (Å²) in [7, 11) is 0. The van der Waals surface area contributed by atoms with E-state index in [2.05, 4.69) is 19.2 Å². The molecule has 0 spiro atoms. The van der Waals surface area contributed by atoms with Crippen LogP contribution in [0.25, 0.3) is 10.8 Å². The van der Waals surface area contributed by atoms with Crippen LogP contribution in [0.3, 0.4) is 0 Å². The van der Waals surface area contributed by atoms with E-state index in [1.165, 1.54) is 0 Å². The Morgan fingerprint density at radius 3 is 2.63 bits per heavy atom. The summed E-state index contributed by atoms with van der Waals surface area (Å²) in [5.74, 6) is 0.718. The zero-order valence-electron chi connectivity index (χ0n) is 11.6. The molecule has 1 amide bonds. The number of amides is 1. The number of carbonyl (C=O) groups is 1. The van der Waals surface area contributed by atoms with Crippen molar-refractivity contribution in [2.24, 2.45) is 5.92 Å². The van der Waals surface area contributed by atoms with Crippen LogP contribution < -0.4 is 5.32 Å². The first-order valence-electron chi connectivity index (χ1n) is 6.94. The molecule has 0 atom stereocenters. The zero-order valence-corrected chi connectivity index (χ0v) is 11.6. The molecule has 0 aromatic heterocycles. The van der Waals surface area contributed by atoms with Crippen molar-refractivity contribution in [1.29, 1.82) is 0 Å². The molecule has 2 heteroatoms. The lowest BCUT2D eigenvalue weighted by atomic mass is 10.0. The lowest BCUT2D eigenvalue weighted by Crippen LogP contribution is -2.24. The van der Waals surface area contributed by atoms with Crippen molar-refractivity contribution in [2.75, 3.05) is 6.54 Å². The number of carbonyl (C=O) groups excluding carboxylic acids is 1. The molecule has 100 valence electrons. The number of benzene rings is 2.